The van der Waals surface area contributed by atoms with Crippen LogP contribution in [0.25, 0.3) is 0 Å². The summed E-state index contributed by atoms with van der Waals surface area (Å²) in [5.41, 5.74) is 0.908. The van der Waals surface area contributed by atoms with Crippen LogP contribution in [0, 0.1) is 0 Å². The van der Waals surface area contributed by atoms with Crippen LogP contribution in [0.4, 0.5) is 4.79 Å². The molecule has 1 aromatic rings. The Morgan fingerprint density at radius 1 is 1.21 bits per heavy atom. The van der Waals surface area contributed by atoms with Gasteiger partial charge in [0, 0.05) is 0 Å². The number of hydrogen-bond acceptors (Lipinski definition) is 5. The largest absolute Gasteiger partial charge is 0.459 e. The second-order valence-corrected chi connectivity index (χ2v) is 7.36. The van der Waals surface area contributed by atoms with Crippen molar-refractivity contribution in [2.45, 2.75) is 52.4 Å². The topological polar surface area (TPSA) is 84.9 Å². The molecule has 1 atom stereocenters. The molecule has 6 nitrogen and oxygen atoms in total. The normalized spacial score (nSPS) is 13.5. The van der Waals surface area contributed by atoms with Crippen LogP contribution in [0.3, 0.4) is 0 Å². The lowest BCUT2D eigenvalue weighted by Crippen LogP contribution is -2.44. The zero-order valence-electron chi connectivity index (χ0n) is 17.6. The quantitative estimate of drug-likeness (QED) is 0.481. The lowest BCUT2D eigenvalue weighted by Gasteiger charge is -2.22. The molecule has 0 spiro atoms. The Labute approximate surface area is 172 Å². The van der Waals surface area contributed by atoms with Gasteiger partial charge in [-0.05, 0) is 45.3 Å². The molecule has 0 fully saturated rings. The highest BCUT2D eigenvalue weighted by atomic mass is 16.6. The van der Waals surface area contributed by atoms with Crippen molar-refractivity contribution >= 4 is 12.1 Å². The van der Waals surface area contributed by atoms with Crippen LogP contribution in [0.5, 0.6) is 0 Å². The van der Waals surface area contributed by atoms with Gasteiger partial charge in [0.1, 0.15) is 18.2 Å². The Morgan fingerprint density at radius 2 is 1.90 bits per heavy atom. The Hall–Kier alpha value is -2.86. The summed E-state index contributed by atoms with van der Waals surface area (Å²) >= 11 is 0. The zero-order valence-corrected chi connectivity index (χ0v) is 17.6. The molecule has 158 valence electrons. The second kappa shape index (κ2) is 12.6. The molecule has 1 aromatic carbocycles. The molecule has 0 aromatic heterocycles. The summed E-state index contributed by atoms with van der Waals surface area (Å²) < 4.78 is 10.6. The minimum absolute atomic E-state index is 0.0899. The molecule has 1 amide bonds. The molecular weight excluding hydrogens is 370 g/mol. The molecular formula is C23H31NO5. The Kier molecular flexibility index (Phi) is 10.5. The smallest absolute Gasteiger partial charge is 0.408 e. The van der Waals surface area contributed by atoms with Crippen molar-refractivity contribution in [3.63, 3.8) is 0 Å². The third-order valence-electron chi connectivity index (χ3n) is 3.58. The molecule has 0 saturated heterocycles. The highest BCUT2D eigenvalue weighted by Crippen LogP contribution is 2.09. The van der Waals surface area contributed by atoms with Crippen molar-refractivity contribution in [1.29, 1.82) is 0 Å². The number of nitrogens with one attached hydrogen (secondary N) is 1. The fourth-order valence-electron chi connectivity index (χ4n) is 2.27. The monoisotopic (exact) mass is 401 g/mol. The Balaban J connectivity index is 2.78. The summed E-state index contributed by atoms with van der Waals surface area (Å²) in [6, 6.07) is 8.41. The Bertz CT molecular complexity index is 729. The number of esters is 1. The number of ether oxygens (including phenoxy) is 2. The number of hydrogen-bond donors (Lipinski definition) is 2. The van der Waals surface area contributed by atoms with Gasteiger partial charge < -0.3 is 19.9 Å². The predicted octanol–water partition coefficient (Wildman–Crippen LogP) is 4.06. The van der Waals surface area contributed by atoms with E-state index >= 15 is 0 Å². The molecule has 0 aliphatic rings. The molecule has 0 aliphatic heterocycles. The van der Waals surface area contributed by atoms with Gasteiger partial charge in [0.05, 0.1) is 6.61 Å². The Morgan fingerprint density at radius 3 is 2.48 bits per heavy atom. The SMILES string of the molecule is C\C=C/C(=C\C=C\CC(NC(=O)OC(C)(C)C)C(=O)OCc1ccccc1)CO. The van der Waals surface area contributed by atoms with E-state index in [-0.39, 0.29) is 19.6 Å². The number of aliphatic hydroxyl groups excluding tert-OH is 1. The van der Waals surface area contributed by atoms with E-state index in [2.05, 4.69) is 5.32 Å². The van der Waals surface area contributed by atoms with Gasteiger partial charge in [0.25, 0.3) is 0 Å². The average molecular weight is 402 g/mol. The highest BCUT2D eigenvalue weighted by Gasteiger charge is 2.24. The number of carbonyl (C=O) groups excluding carboxylic acids is 2. The molecule has 0 heterocycles. The fraction of sp³-hybridized carbons (Fsp3) is 0.391. The fourth-order valence-corrected chi connectivity index (χ4v) is 2.27. The van der Waals surface area contributed by atoms with Gasteiger partial charge in [-0.1, -0.05) is 60.7 Å². The molecule has 6 heteroatoms. The lowest BCUT2D eigenvalue weighted by molar-refractivity contribution is -0.147. The maximum Gasteiger partial charge on any atom is 0.408 e. The molecule has 29 heavy (non-hydrogen) atoms. The van der Waals surface area contributed by atoms with E-state index in [1.54, 1.807) is 45.1 Å². The summed E-state index contributed by atoms with van der Waals surface area (Å²) in [5.74, 6) is -0.552. The third-order valence-corrected chi connectivity index (χ3v) is 3.58. The van der Waals surface area contributed by atoms with Gasteiger partial charge in [0.15, 0.2) is 0 Å². The van der Waals surface area contributed by atoms with Crippen molar-refractivity contribution in [2.24, 2.45) is 0 Å². The van der Waals surface area contributed by atoms with Crippen molar-refractivity contribution < 1.29 is 24.2 Å². The van der Waals surface area contributed by atoms with Crippen LogP contribution in [-0.4, -0.2) is 35.4 Å². The van der Waals surface area contributed by atoms with Crippen molar-refractivity contribution in [3.8, 4) is 0 Å². The first-order valence-corrected chi connectivity index (χ1v) is 9.54. The number of alkyl carbamates (subject to hydrolysis) is 1. The van der Waals surface area contributed by atoms with E-state index in [0.717, 1.165) is 11.1 Å². The highest BCUT2D eigenvalue weighted by molar-refractivity contribution is 5.81. The van der Waals surface area contributed by atoms with E-state index in [4.69, 9.17) is 9.47 Å². The molecule has 0 saturated carbocycles. The van der Waals surface area contributed by atoms with Gasteiger partial charge in [-0.25, -0.2) is 9.59 Å². The average Bonchev–Trinajstić information content (AvgIpc) is 2.66. The second-order valence-electron chi connectivity index (χ2n) is 7.36. The van der Waals surface area contributed by atoms with Crippen molar-refractivity contribution in [1.82, 2.24) is 5.32 Å². The summed E-state index contributed by atoms with van der Waals surface area (Å²) in [4.78, 5) is 24.6. The van der Waals surface area contributed by atoms with Crippen LogP contribution >= 0.6 is 0 Å². The molecule has 0 radical (unpaired) electrons. The van der Waals surface area contributed by atoms with E-state index in [0.29, 0.717) is 0 Å². The van der Waals surface area contributed by atoms with E-state index in [9.17, 15) is 14.7 Å². The van der Waals surface area contributed by atoms with Gasteiger partial charge in [0.2, 0.25) is 0 Å². The maximum absolute atomic E-state index is 12.5. The number of benzene rings is 1. The van der Waals surface area contributed by atoms with Gasteiger partial charge in [-0.2, -0.15) is 0 Å². The van der Waals surface area contributed by atoms with Gasteiger partial charge >= 0.3 is 12.1 Å². The van der Waals surface area contributed by atoms with Crippen LogP contribution in [0.1, 0.15) is 39.7 Å². The van der Waals surface area contributed by atoms with E-state index < -0.39 is 23.7 Å². The minimum atomic E-state index is -0.891. The number of carbonyl (C=O) groups is 2. The molecule has 2 N–H and O–H groups in total. The van der Waals surface area contributed by atoms with E-state index in [1.165, 1.54) is 0 Å². The zero-order chi connectivity index (χ0) is 21.7. The van der Waals surface area contributed by atoms with Crippen LogP contribution < -0.4 is 5.32 Å². The van der Waals surface area contributed by atoms with Crippen LogP contribution in [-0.2, 0) is 20.9 Å². The standard InChI is InChI=1S/C23H31NO5/c1-5-11-18(16-25)12-9-10-15-20(24-22(27)29-23(2,3)4)21(26)28-17-19-13-7-6-8-14-19/h5-14,20,25H,15-17H2,1-4H3,(H,24,27)/b10-9+,11-5-,18-12+. The molecule has 0 aliphatic carbocycles. The number of amides is 1. The first-order chi connectivity index (χ1) is 13.7. The summed E-state index contributed by atoms with van der Waals surface area (Å²) in [5, 5.41) is 11.8. The predicted molar refractivity (Wildman–Crippen MR) is 113 cm³/mol. The van der Waals surface area contributed by atoms with Gasteiger partial charge in [-0.15, -0.1) is 0 Å². The van der Waals surface area contributed by atoms with Gasteiger partial charge in [-0.3, -0.25) is 0 Å². The third kappa shape index (κ3) is 10.9. The summed E-state index contributed by atoms with van der Waals surface area (Å²) in [6.07, 6.45) is 8.33. The number of aliphatic hydroxyl groups is 1. The number of rotatable bonds is 9. The minimum Gasteiger partial charge on any atom is -0.459 e. The van der Waals surface area contributed by atoms with Crippen LogP contribution in [0.15, 0.2) is 66.3 Å². The van der Waals surface area contributed by atoms with Crippen molar-refractivity contribution in [3.05, 3.63) is 71.8 Å². The molecule has 0 bridgehead atoms. The molecule has 1 rings (SSSR count). The lowest BCUT2D eigenvalue weighted by atomic mass is 10.1. The first-order valence-electron chi connectivity index (χ1n) is 9.54. The van der Waals surface area contributed by atoms with Crippen molar-refractivity contribution in [2.75, 3.05) is 6.61 Å². The van der Waals surface area contributed by atoms with E-state index in [1.807, 2.05) is 43.3 Å². The van der Waals surface area contributed by atoms with Crippen LogP contribution in [0.2, 0.25) is 0 Å². The molecule has 1 unspecified atom stereocenters. The maximum atomic E-state index is 12.5. The first kappa shape index (κ1) is 24.2. The summed E-state index contributed by atoms with van der Waals surface area (Å²) in [7, 11) is 0. The summed E-state index contributed by atoms with van der Waals surface area (Å²) in [6.45, 7) is 7.13. The number of allylic oxidation sites excluding steroid dienone is 3.